The summed E-state index contributed by atoms with van der Waals surface area (Å²) in [6.07, 6.45) is 7.19. The number of hydrogen-bond donors (Lipinski definition) is 1. The first-order valence-electron chi connectivity index (χ1n) is 7.43. The van der Waals surface area contributed by atoms with Gasteiger partial charge in [0.1, 0.15) is 0 Å². The molecule has 0 aromatic heterocycles. The van der Waals surface area contributed by atoms with Gasteiger partial charge in [0.05, 0.1) is 0 Å². The quantitative estimate of drug-likeness (QED) is 0.839. The molecule has 3 aliphatic rings. The van der Waals surface area contributed by atoms with Gasteiger partial charge in [0.2, 0.25) is 0 Å². The average molecular weight is 256 g/mol. The van der Waals surface area contributed by atoms with Gasteiger partial charge < -0.3 is 5.73 Å². The van der Waals surface area contributed by atoms with Crippen LogP contribution in [0.15, 0.2) is 43.0 Å². The van der Waals surface area contributed by atoms with Crippen molar-refractivity contribution in [1.29, 1.82) is 0 Å². The smallest absolute Gasteiger partial charge is 0.0482 e. The standard InChI is InChI=1S/C17H24N2/c1-2-12-19-13-14-8-10-17(19,11-9-14)16(18)15-6-4-3-5-7-15/h2-7,14,16H,1,8-13,18H2/t14?,16-,17?/m1/s1. The largest absolute Gasteiger partial charge is 0.322 e. The maximum absolute atomic E-state index is 6.68. The predicted molar refractivity (Wildman–Crippen MR) is 79.8 cm³/mol. The van der Waals surface area contributed by atoms with Crippen LogP contribution in [0.2, 0.25) is 0 Å². The summed E-state index contributed by atoms with van der Waals surface area (Å²) in [4.78, 5) is 2.59. The molecule has 0 unspecified atom stereocenters. The van der Waals surface area contributed by atoms with Crippen LogP contribution in [0.5, 0.6) is 0 Å². The van der Waals surface area contributed by atoms with Gasteiger partial charge in [-0.3, -0.25) is 4.90 Å². The first kappa shape index (κ1) is 12.9. The van der Waals surface area contributed by atoms with Crippen molar-refractivity contribution in [3.63, 3.8) is 0 Å². The molecule has 1 atom stereocenters. The monoisotopic (exact) mass is 256 g/mol. The summed E-state index contributed by atoms with van der Waals surface area (Å²) >= 11 is 0. The van der Waals surface area contributed by atoms with Crippen molar-refractivity contribution >= 4 is 0 Å². The minimum Gasteiger partial charge on any atom is -0.322 e. The lowest BCUT2D eigenvalue weighted by Crippen LogP contribution is -2.62. The van der Waals surface area contributed by atoms with Gasteiger partial charge in [-0.1, -0.05) is 36.4 Å². The van der Waals surface area contributed by atoms with Gasteiger partial charge in [-0.15, -0.1) is 6.58 Å². The van der Waals surface area contributed by atoms with E-state index < -0.39 is 0 Å². The molecule has 102 valence electrons. The molecule has 2 heteroatoms. The van der Waals surface area contributed by atoms with Crippen LogP contribution in [-0.4, -0.2) is 23.5 Å². The van der Waals surface area contributed by atoms with E-state index in [0.717, 1.165) is 12.5 Å². The van der Waals surface area contributed by atoms with Gasteiger partial charge in [-0.25, -0.2) is 0 Å². The maximum Gasteiger partial charge on any atom is 0.0482 e. The van der Waals surface area contributed by atoms with Crippen LogP contribution >= 0.6 is 0 Å². The second kappa shape index (κ2) is 5.10. The van der Waals surface area contributed by atoms with Gasteiger partial charge in [-0.05, 0) is 37.2 Å². The summed E-state index contributed by atoms with van der Waals surface area (Å²) in [6.45, 7) is 6.09. The predicted octanol–water partition coefficient (Wildman–Crippen LogP) is 3.12. The Bertz CT molecular complexity index is 432. The molecular formula is C17H24N2. The lowest BCUT2D eigenvalue weighted by molar-refractivity contribution is -0.0440. The highest BCUT2D eigenvalue weighted by atomic mass is 15.2. The van der Waals surface area contributed by atoms with E-state index in [1.165, 1.54) is 37.8 Å². The fourth-order valence-corrected chi connectivity index (χ4v) is 4.06. The van der Waals surface area contributed by atoms with E-state index >= 15 is 0 Å². The van der Waals surface area contributed by atoms with E-state index in [1.807, 2.05) is 6.08 Å². The number of rotatable bonds is 4. The van der Waals surface area contributed by atoms with E-state index in [0.29, 0.717) is 0 Å². The Labute approximate surface area is 116 Å². The van der Waals surface area contributed by atoms with Crippen molar-refractivity contribution in [3.05, 3.63) is 48.6 Å². The summed E-state index contributed by atoms with van der Waals surface area (Å²) in [5.74, 6) is 0.879. The van der Waals surface area contributed by atoms with E-state index in [-0.39, 0.29) is 11.6 Å². The highest BCUT2D eigenvalue weighted by Gasteiger charge is 2.49. The van der Waals surface area contributed by atoms with Crippen molar-refractivity contribution in [2.24, 2.45) is 11.7 Å². The molecule has 19 heavy (non-hydrogen) atoms. The molecule has 1 aromatic rings. The number of benzene rings is 1. The topological polar surface area (TPSA) is 29.3 Å². The summed E-state index contributed by atoms with van der Waals surface area (Å²) in [5.41, 5.74) is 8.12. The van der Waals surface area contributed by atoms with Crippen molar-refractivity contribution in [2.75, 3.05) is 13.1 Å². The molecule has 0 amide bonds. The molecule has 1 aromatic carbocycles. The minimum atomic E-state index is 0.120. The van der Waals surface area contributed by atoms with E-state index in [1.54, 1.807) is 0 Å². The lowest BCUT2D eigenvalue weighted by Gasteiger charge is -2.57. The maximum atomic E-state index is 6.68. The Morgan fingerprint density at radius 2 is 2.00 bits per heavy atom. The second-order valence-electron chi connectivity index (χ2n) is 6.13. The first-order valence-corrected chi connectivity index (χ1v) is 7.43. The lowest BCUT2D eigenvalue weighted by atomic mass is 9.66. The number of hydrogen-bond acceptors (Lipinski definition) is 2. The van der Waals surface area contributed by atoms with Crippen LogP contribution in [0.4, 0.5) is 0 Å². The van der Waals surface area contributed by atoms with E-state index in [9.17, 15) is 0 Å². The molecule has 2 aliphatic heterocycles. The Balaban J connectivity index is 1.92. The third kappa shape index (κ3) is 2.13. The molecule has 0 radical (unpaired) electrons. The van der Waals surface area contributed by atoms with Gasteiger partial charge in [-0.2, -0.15) is 0 Å². The zero-order valence-corrected chi connectivity index (χ0v) is 11.6. The molecular weight excluding hydrogens is 232 g/mol. The van der Waals surface area contributed by atoms with Crippen molar-refractivity contribution in [3.8, 4) is 0 Å². The molecule has 2 saturated heterocycles. The molecule has 2 bridgehead atoms. The van der Waals surface area contributed by atoms with Crippen LogP contribution in [0, 0.1) is 5.92 Å². The van der Waals surface area contributed by atoms with Gasteiger partial charge in [0.25, 0.3) is 0 Å². The van der Waals surface area contributed by atoms with E-state index in [4.69, 9.17) is 5.73 Å². The van der Waals surface area contributed by atoms with Gasteiger partial charge in [0.15, 0.2) is 0 Å². The Morgan fingerprint density at radius 3 is 2.63 bits per heavy atom. The van der Waals surface area contributed by atoms with Crippen molar-refractivity contribution < 1.29 is 0 Å². The van der Waals surface area contributed by atoms with Crippen LogP contribution in [0.25, 0.3) is 0 Å². The summed E-state index contributed by atoms with van der Waals surface area (Å²) in [7, 11) is 0. The zero-order chi connectivity index (χ0) is 13.3. The molecule has 2 heterocycles. The fraction of sp³-hybridized carbons (Fsp3) is 0.529. The Kier molecular flexibility index (Phi) is 3.46. The number of fused-ring (bicyclic) bond motifs is 3. The van der Waals surface area contributed by atoms with Crippen molar-refractivity contribution in [1.82, 2.24) is 4.90 Å². The molecule has 4 rings (SSSR count). The fourth-order valence-electron chi connectivity index (χ4n) is 4.06. The molecule has 0 spiro atoms. The minimum absolute atomic E-state index is 0.120. The van der Waals surface area contributed by atoms with Gasteiger partial charge >= 0.3 is 0 Å². The third-order valence-electron chi connectivity index (χ3n) is 5.17. The molecule has 1 aliphatic carbocycles. The molecule has 2 N–H and O–H groups in total. The Hall–Kier alpha value is -1.12. The van der Waals surface area contributed by atoms with Gasteiger partial charge in [0, 0.05) is 24.7 Å². The number of nitrogens with zero attached hydrogens (tertiary/aromatic N) is 1. The zero-order valence-electron chi connectivity index (χ0n) is 11.6. The Morgan fingerprint density at radius 1 is 1.32 bits per heavy atom. The third-order valence-corrected chi connectivity index (χ3v) is 5.17. The second-order valence-corrected chi connectivity index (χ2v) is 6.13. The SMILES string of the molecule is C=CCN1CC2CCC1([C@H](N)c1ccccc1)CC2. The molecule has 3 fully saturated rings. The van der Waals surface area contributed by atoms with Crippen molar-refractivity contribution in [2.45, 2.75) is 37.3 Å². The number of nitrogens with two attached hydrogens (primary N) is 1. The van der Waals surface area contributed by atoms with Crippen LogP contribution in [0.1, 0.15) is 37.3 Å². The summed E-state index contributed by atoms with van der Waals surface area (Å²) < 4.78 is 0. The van der Waals surface area contributed by atoms with Crippen LogP contribution in [-0.2, 0) is 0 Å². The highest BCUT2D eigenvalue weighted by molar-refractivity contribution is 5.24. The number of piperidine rings is 2. The molecule has 2 nitrogen and oxygen atoms in total. The summed E-state index contributed by atoms with van der Waals surface area (Å²) in [5, 5.41) is 0. The highest BCUT2D eigenvalue weighted by Crippen LogP contribution is 2.48. The van der Waals surface area contributed by atoms with Crippen LogP contribution < -0.4 is 5.73 Å². The normalized spacial score (nSPS) is 32.2. The average Bonchev–Trinajstić information content (AvgIpc) is 2.49. The summed E-state index contributed by atoms with van der Waals surface area (Å²) in [6, 6.07) is 10.7. The van der Waals surface area contributed by atoms with Crippen LogP contribution in [0.3, 0.4) is 0 Å². The molecule has 1 saturated carbocycles. The first-order chi connectivity index (χ1) is 9.26. The van der Waals surface area contributed by atoms with E-state index in [2.05, 4.69) is 41.8 Å².